The van der Waals surface area contributed by atoms with Gasteiger partial charge in [-0.1, -0.05) is 0 Å². The van der Waals surface area contributed by atoms with Crippen molar-refractivity contribution >= 4 is 23.8 Å². The maximum Gasteiger partial charge on any atom is 0.243 e. The third-order valence-corrected chi connectivity index (χ3v) is 3.11. The Morgan fingerprint density at radius 2 is 2.00 bits per heavy atom. The Balaban J connectivity index is 2.25. The number of hydrogen-bond donors (Lipinski definition) is 3. The molecule has 1 fully saturated rings. The van der Waals surface area contributed by atoms with Crippen LogP contribution in [0, 0.1) is 0 Å². The molecule has 0 atom stereocenters. The van der Waals surface area contributed by atoms with Gasteiger partial charge in [-0.25, -0.2) is 5.84 Å². The molecule has 0 aliphatic carbocycles. The van der Waals surface area contributed by atoms with Gasteiger partial charge in [0.2, 0.25) is 23.8 Å². The van der Waals surface area contributed by atoms with Crippen LogP contribution in [0.1, 0.15) is 19.3 Å². The van der Waals surface area contributed by atoms with Crippen molar-refractivity contribution in [1.82, 2.24) is 15.0 Å². The van der Waals surface area contributed by atoms with Gasteiger partial charge in [0.1, 0.15) is 0 Å². The average Bonchev–Trinajstić information content (AvgIpc) is 2.47. The second-order valence-electron chi connectivity index (χ2n) is 4.77. The molecule has 2 heterocycles. The normalized spacial score (nSPS) is 15.0. The van der Waals surface area contributed by atoms with Gasteiger partial charge in [-0.3, -0.25) is 10.2 Å². The molecular formula is C11H20N8O. The SMILES string of the molecule is CN(CC(N)=O)c1nc(NN)nc(N2CCCCC2)n1. The van der Waals surface area contributed by atoms with E-state index < -0.39 is 5.91 Å². The summed E-state index contributed by atoms with van der Waals surface area (Å²) in [6.45, 7) is 1.85. The zero-order valence-electron chi connectivity index (χ0n) is 11.5. The van der Waals surface area contributed by atoms with Gasteiger partial charge < -0.3 is 15.5 Å². The van der Waals surface area contributed by atoms with Gasteiger partial charge in [0.15, 0.2) is 0 Å². The monoisotopic (exact) mass is 280 g/mol. The Morgan fingerprint density at radius 1 is 1.30 bits per heavy atom. The number of nitrogens with one attached hydrogen (secondary N) is 1. The fourth-order valence-electron chi connectivity index (χ4n) is 2.13. The maximum absolute atomic E-state index is 11.0. The molecule has 20 heavy (non-hydrogen) atoms. The number of amides is 1. The zero-order chi connectivity index (χ0) is 14.5. The number of rotatable bonds is 5. The number of hydrogen-bond acceptors (Lipinski definition) is 8. The van der Waals surface area contributed by atoms with Gasteiger partial charge >= 0.3 is 0 Å². The summed E-state index contributed by atoms with van der Waals surface area (Å²) < 4.78 is 0. The third-order valence-electron chi connectivity index (χ3n) is 3.11. The highest BCUT2D eigenvalue weighted by atomic mass is 16.1. The van der Waals surface area contributed by atoms with Crippen LogP contribution in [0.4, 0.5) is 17.8 Å². The number of anilines is 3. The summed E-state index contributed by atoms with van der Waals surface area (Å²) in [5, 5.41) is 0. The Labute approximate surface area is 117 Å². The lowest BCUT2D eigenvalue weighted by Gasteiger charge is -2.27. The number of piperidine rings is 1. The Bertz CT molecular complexity index is 473. The van der Waals surface area contributed by atoms with Gasteiger partial charge in [0.25, 0.3) is 0 Å². The van der Waals surface area contributed by atoms with Crippen LogP contribution < -0.4 is 26.8 Å². The summed E-state index contributed by atoms with van der Waals surface area (Å²) in [5.41, 5.74) is 7.60. The highest BCUT2D eigenvalue weighted by Crippen LogP contribution is 2.19. The topological polar surface area (TPSA) is 126 Å². The molecule has 0 aromatic carbocycles. The number of primary amides is 1. The van der Waals surface area contributed by atoms with Crippen LogP contribution in [0.2, 0.25) is 0 Å². The second-order valence-corrected chi connectivity index (χ2v) is 4.77. The van der Waals surface area contributed by atoms with Crippen LogP contribution in [0.15, 0.2) is 0 Å². The first-order valence-electron chi connectivity index (χ1n) is 6.57. The van der Waals surface area contributed by atoms with E-state index >= 15 is 0 Å². The molecule has 1 saturated heterocycles. The molecule has 1 aliphatic rings. The standard InChI is InChI=1S/C11H20N8O/c1-18(7-8(12)20)10-14-9(17-13)15-11(16-10)19-5-3-2-4-6-19/h2-7,13H2,1H3,(H2,12,20)(H,14,15,16,17). The second kappa shape index (κ2) is 6.33. The minimum Gasteiger partial charge on any atom is -0.368 e. The third kappa shape index (κ3) is 3.44. The first-order chi connectivity index (χ1) is 9.60. The fourth-order valence-corrected chi connectivity index (χ4v) is 2.13. The number of aromatic nitrogens is 3. The molecule has 0 bridgehead atoms. The number of likely N-dealkylation sites (N-methyl/N-ethyl adjacent to an activating group) is 1. The number of carbonyl (C=O) groups is 1. The summed E-state index contributed by atoms with van der Waals surface area (Å²) in [6.07, 6.45) is 3.45. The van der Waals surface area contributed by atoms with Crippen molar-refractivity contribution in [2.24, 2.45) is 11.6 Å². The minimum atomic E-state index is -0.449. The zero-order valence-corrected chi connectivity index (χ0v) is 11.5. The van der Waals surface area contributed by atoms with Gasteiger partial charge in [0, 0.05) is 20.1 Å². The molecule has 1 aromatic heterocycles. The Morgan fingerprint density at radius 3 is 2.60 bits per heavy atom. The van der Waals surface area contributed by atoms with Gasteiger partial charge in [-0.2, -0.15) is 15.0 Å². The van der Waals surface area contributed by atoms with E-state index in [0.29, 0.717) is 11.9 Å². The molecule has 9 heteroatoms. The first-order valence-corrected chi connectivity index (χ1v) is 6.57. The number of carbonyl (C=O) groups excluding carboxylic acids is 1. The van der Waals surface area contributed by atoms with E-state index in [4.69, 9.17) is 11.6 Å². The molecule has 5 N–H and O–H groups in total. The smallest absolute Gasteiger partial charge is 0.243 e. The minimum absolute atomic E-state index is 0.0352. The predicted molar refractivity (Wildman–Crippen MR) is 76.2 cm³/mol. The van der Waals surface area contributed by atoms with Crippen molar-refractivity contribution in [3.8, 4) is 0 Å². The summed E-state index contributed by atoms with van der Waals surface area (Å²) >= 11 is 0. The van der Waals surface area contributed by atoms with Crippen molar-refractivity contribution in [2.45, 2.75) is 19.3 Å². The van der Waals surface area contributed by atoms with Crippen molar-refractivity contribution < 1.29 is 4.79 Å². The predicted octanol–water partition coefficient (Wildman–Crippen LogP) is -0.931. The van der Waals surface area contributed by atoms with Gasteiger partial charge in [-0.05, 0) is 19.3 Å². The molecule has 9 nitrogen and oxygen atoms in total. The highest BCUT2D eigenvalue weighted by molar-refractivity contribution is 5.78. The number of hydrazine groups is 1. The largest absolute Gasteiger partial charge is 0.368 e. The van der Waals surface area contributed by atoms with Crippen LogP contribution in [-0.4, -0.2) is 47.5 Å². The van der Waals surface area contributed by atoms with E-state index in [9.17, 15) is 4.79 Å². The lowest BCUT2D eigenvalue weighted by atomic mass is 10.1. The van der Waals surface area contributed by atoms with E-state index in [1.54, 1.807) is 11.9 Å². The van der Waals surface area contributed by atoms with Crippen LogP contribution in [0.5, 0.6) is 0 Å². The van der Waals surface area contributed by atoms with E-state index in [0.717, 1.165) is 25.9 Å². The molecule has 1 aliphatic heterocycles. The Hall–Kier alpha value is -2.16. The molecule has 0 saturated carbocycles. The number of nitrogens with two attached hydrogens (primary N) is 2. The molecule has 110 valence electrons. The molecule has 2 rings (SSSR count). The summed E-state index contributed by atoms with van der Waals surface area (Å²) in [4.78, 5) is 27.4. The van der Waals surface area contributed by atoms with E-state index in [2.05, 4.69) is 25.3 Å². The van der Waals surface area contributed by atoms with Crippen LogP contribution in [-0.2, 0) is 4.79 Å². The van der Waals surface area contributed by atoms with Crippen molar-refractivity contribution in [2.75, 3.05) is 41.9 Å². The lowest BCUT2D eigenvalue weighted by molar-refractivity contribution is -0.116. The quantitative estimate of drug-likeness (QED) is 0.466. The fraction of sp³-hybridized carbons (Fsp3) is 0.636. The molecule has 0 radical (unpaired) electrons. The van der Waals surface area contributed by atoms with E-state index in [-0.39, 0.29) is 12.5 Å². The molecule has 1 amide bonds. The summed E-state index contributed by atoms with van der Waals surface area (Å²) in [6, 6.07) is 0. The summed E-state index contributed by atoms with van der Waals surface area (Å²) in [7, 11) is 1.69. The van der Waals surface area contributed by atoms with E-state index in [1.165, 1.54) is 6.42 Å². The number of nitrogens with zero attached hydrogens (tertiary/aromatic N) is 5. The van der Waals surface area contributed by atoms with Gasteiger partial charge in [-0.15, -0.1) is 0 Å². The Kier molecular flexibility index (Phi) is 4.51. The number of nitrogen functional groups attached to an aromatic ring is 1. The van der Waals surface area contributed by atoms with Crippen LogP contribution in [0.25, 0.3) is 0 Å². The van der Waals surface area contributed by atoms with Crippen molar-refractivity contribution in [3.63, 3.8) is 0 Å². The van der Waals surface area contributed by atoms with Crippen LogP contribution in [0.3, 0.4) is 0 Å². The maximum atomic E-state index is 11.0. The molecule has 0 spiro atoms. The van der Waals surface area contributed by atoms with Crippen molar-refractivity contribution in [1.29, 1.82) is 0 Å². The van der Waals surface area contributed by atoms with Crippen molar-refractivity contribution in [3.05, 3.63) is 0 Å². The summed E-state index contributed by atoms with van der Waals surface area (Å²) in [5.74, 6) is 6.14. The average molecular weight is 280 g/mol. The molecular weight excluding hydrogens is 260 g/mol. The lowest BCUT2D eigenvalue weighted by Crippen LogP contribution is -2.34. The first kappa shape index (κ1) is 14.3. The molecule has 1 aromatic rings. The molecule has 0 unspecified atom stereocenters. The van der Waals surface area contributed by atoms with Gasteiger partial charge in [0.05, 0.1) is 6.54 Å². The highest BCUT2D eigenvalue weighted by Gasteiger charge is 2.17. The van der Waals surface area contributed by atoms with Crippen LogP contribution >= 0.6 is 0 Å². The van der Waals surface area contributed by atoms with E-state index in [1.807, 2.05) is 0 Å².